The van der Waals surface area contributed by atoms with Crippen molar-refractivity contribution in [3.8, 4) is 0 Å². The third kappa shape index (κ3) is 5.74. The van der Waals surface area contributed by atoms with Crippen molar-refractivity contribution in [2.75, 3.05) is 13.1 Å². The second-order valence-corrected chi connectivity index (χ2v) is 4.23. The van der Waals surface area contributed by atoms with Crippen molar-refractivity contribution in [3.63, 3.8) is 0 Å². The average Bonchev–Trinajstić information content (AvgIpc) is 2.17. The monoisotopic (exact) mass is 216 g/mol. The van der Waals surface area contributed by atoms with Crippen LogP contribution in [0.4, 0.5) is 0 Å². The van der Waals surface area contributed by atoms with Crippen molar-refractivity contribution >= 4 is 5.91 Å². The second kappa shape index (κ2) is 7.65. The Hall–Kier alpha value is -0.610. The molecule has 0 saturated heterocycles. The van der Waals surface area contributed by atoms with Gasteiger partial charge < -0.3 is 16.2 Å². The number of rotatable bonds is 7. The standard InChI is InChI=1S/C11H24N2O2/c1-4-9(14)5-6-13-11(15)10(7-12)8(2)3/h8-10,14H,4-7,12H2,1-3H3,(H,13,15). The van der Waals surface area contributed by atoms with E-state index in [1.54, 1.807) is 0 Å². The third-order valence-electron chi connectivity index (χ3n) is 2.64. The van der Waals surface area contributed by atoms with E-state index < -0.39 is 0 Å². The van der Waals surface area contributed by atoms with Gasteiger partial charge in [-0.25, -0.2) is 0 Å². The number of hydrogen-bond donors (Lipinski definition) is 3. The fourth-order valence-corrected chi connectivity index (χ4v) is 1.38. The molecule has 2 unspecified atom stereocenters. The molecule has 0 aliphatic heterocycles. The van der Waals surface area contributed by atoms with Gasteiger partial charge in [0.25, 0.3) is 0 Å². The number of carbonyl (C=O) groups is 1. The highest BCUT2D eigenvalue weighted by molar-refractivity contribution is 5.79. The zero-order chi connectivity index (χ0) is 11.8. The maximum atomic E-state index is 11.6. The summed E-state index contributed by atoms with van der Waals surface area (Å²) in [5, 5.41) is 12.1. The highest BCUT2D eigenvalue weighted by Gasteiger charge is 2.19. The largest absolute Gasteiger partial charge is 0.393 e. The molecule has 0 saturated carbocycles. The molecule has 0 spiro atoms. The molecule has 0 rings (SSSR count). The quantitative estimate of drug-likeness (QED) is 0.580. The van der Waals surface area contributed by atoms with Gasteiger partial charge in [-0.05, 0) is 18.8 Å². The second-order valence-electron chi connectivity index (χ2n) is 4.23. The number of nitrogens with one attached hydrogen (secondary N) is 1. The van der Waals surface area contributed by atoms with Crippen molar-refractivity contribution < 1.29 is 9.90 Å². The summed E-state index contributed by atoms with van der Waals surface area (Å²) in [4.78, 5) is 11.6. The lowest BCUT2D eigenvalue weighted by Gasteiger charge is -2.18. The van der Waals surface area contributed by atoms with E-state index in [0.717, 1.165) is 6.42 Å². The Balaban J connectivity index is 3.81. The van der Waals surface area contributed by atoms with Gasteiger partial charge in [0.15, 0.2) is 0 Å². The van der Waals surface area contributed by atoms with Gasteiger partial charge in [-0.3, -0.25) is 4.79 Å². The molecule has 0 heterocycles. The summed E-state index contributed by atoms with van der Waals surface area (Å²) in [5.74, 6) is 0.130. The highest BCUT2D eigenvalue weighted by atomic mass is 16.3. The maximum absolute atomic E-state index is 11.6. The number of aliphatic hydroxyl groups is 1. The van der Waals surface area contributed by atoms with Crippen LogP contribution in [0.25, 0.3) is 0 Å². The van der Waals surface area contributed by atoms with Crippen LogP contribution in [0.2, 0.25) is 0 Å². The SMILES string of the molecule is CCC(O)CCNC(=O)C(CN)C(C)C. The zero-order valence-electron chi connectivity index (χ0n) is 9.99. The first-order chi connectivity index (χ1) is 7.02. The molecule has 0 aliphatic carbocycles. The first-order valence-electron chi connectivity index (χ1n) is 5.68. The van der Waals surface area contributed by atoms with Crippen molar-refractivity contribution in [2.45, 2.75) is 39.7 Å². The van der Waals surface area contributed by atoms with E-state index in [2.05, 4.69) is 5.32 Å². The van der Waals surface area contributed by atoms with E-state index in [1.807, 2.05) is 20.8 Å². The molecule has 0 aromatic carbocycles. The Labute approximate surface area is 92.2 Å². The van der Waals surface area contributed by atoms with Crippen molar-refractivity contribution in [2.24, 2.45) is 17.6 Å². The van der Waals surface area contributed by atoms with Gasteiger partial charge >= 0.3 is 0 Å². The van der Waals surface area contributed by atoms with Crippen LogP contribution in [0, 0.1) is 11.8 Å². The van der Waals surface area contributed by atoms with E-state index in [-0.39, 0.29) is 23.8 Å². The van der Waals surface area contributed by atoms with Crippen LogP contribution in [0.3, 0.4) is 0 Å². The smallest absolute Gasteiger partial charge is 0.224 e. The molecule has 15 heavy (non-hydrogen) atoms. The average molecular weight is 216 g/mol. The van der Waals surface area contributed by atoms with E-state index >= 15 is 0 Å². The van der Waals surface area contributed by atoms with Gasteiger partial charge in [-0.15, -0.1) is 0 Å². The third-order valence-corrected chi connectivity index (χ3v) is 2.64. The molecule has 0 aromatic rings. The summed E-state index contributed by atoms with van der Waals surface area (Å²) in [6, 6.07) is 0. The fraction of sp³-hybridized carbons (Fsp3) is 0.909. The van der Waals surface area contributed by atoms with Gasteiger partial charge in [0.05, 0.1) is 12.0 Å². The minimum absolute atomic E-state index is 0.00389. The summed E-state index contributed by atoms with van der Waals surface area (Å²) in [5.41, 5.74) is 5.52. The summed E-state index contributed by atoms with van der Waals surface area (Å²) in [6.07, 6.45) is 1.01. The summed E-state index contributed by atoms with van der Waals surface area (Å²) < 4.78 is 0. The van der Waals surface area contributed by atoms with Gasteiger partial charge in [-0.1, -0.05) is 20.8 Å². The summed E-state index contributed by atoms with van der Waals surface area (Å²) >= 11 is 0. The number of amides is 1. The Bertz CT molecular complexity index is 183. The van der Waals surface area contributed by atoms with Crippen molar-refractivity contribution in [3.05, 3.63) is 0 Å². The number of hydrogen-bond acceptors (Lipinski definition) is 3. The van der Waals surface area contributed by atoms with Crippen molar-refractivity contribution in [1.82, 2.24) is 5.32 Å². The lowest BCUT2D eigenvalue weighted by Crippen LogP contribution is -2.39. The molecule has 0 aliphatic rings. The lowest BCUT2D eigenvalue weighted by molar-refractivity contribution is -0.126. The molecule has 4 heteroatoms. The Morgan fingerprint density at radius 1 is 1.47 bits per heavy atom. The first kappa shape index (κ1) is 14.4. The molecule has 0 fully saturated rings. The van der Waals surface area contributed by atoms with E-state index in [0.29, 0.717) is 19.5 Å². The number of carbonyl (C=O) groups excluding carboxylic acids is 1. The molecular formula is C11H24N2O2. The molecule has 90 valence electrons. The van der Waals surface area contributed by atoms with Gasteiger partial charge in [-0.2, -0.15) is 0 Å². The van der Waals surface area contributed by atoms with Crippen LogP contribution in [0.15, 0.2) is 0 Å². The molecular weight excluding hydrogens is 192 g/mol. The Kier molecular flexibility index (Phi) is 7.34. The molecule has 0 bridgehead atoms. The highest BCUT2D eigenvalue weighted by Crippen LogP contribution is 2.08. The molecule has 0 aromatic heterocycles. The van der Waals surface area contributed by atoms with Gasteiger partial charge in [0, 0.05) is 13.1 Å². The molecule has 0 radical (unpaired) electrons. The molecule has 2 atom stereocenters. The van der Waals surface area contributed by atoms with Gasteiger partial charge in [0.2, 0.25) is 5.91 Å². The fourth-order valence-electron chi connectivity index (χ4n) is 1.38. The molecule has 4 nitrogen and oxygen atoms in total. The topological polar surface area (TPSA) is 75.3 Å². The van der Waals surface area contributed by atoms with Crippen LogP contribution >= 0.6 is 0 Å². The summed E-state index contributed by atoms with van der Waals surface area (Å²) in [7, 11) is 0. The van der Waals surface area contributed by atoms with E-state index in [9.17, 15) is 9.90 Å². The molecule has 4 N–H and O–H groups in total. The van der Waals surface area contributed by atoms with E-state index in [1.165, 1.54) is 0 Å². The van der Waals surface area contributed by atoms with Crippen LogP contribution in [0.5, 0.6) is 0 Å². The lowest BCUT2D eigenvalue weighted by atomic mass is 9.95. The van der Waals surface area contributed by atoms with Crippen LogP contribution in [0.1, 0.15) is 33.6 Å². The van der Waals surface area contributed by atoms with Gasteiger partial charge in [0.1, 0.15) is 0 Å². The van der Waals surface area contributed by atoms with Crippen LogP contribution in [-0.4, -0.2) is 30.2 Å². The molecule has 1 amide bonds. The van der Waals surface area contributed by atoms with Crippen molar-refractivity contribution in [1.29, 1.82) is 0 Å². The minimum atomic E-state index is -0.319. The number of aliphatic hydroxyl groups excluding tert-OH is 1. The predicted molar refractivity (Wildman–Crippen MR) is 61.3 cm³/mol. The summed E-state index contributed by atoms with van der Waals surface area (Å²) in [6.45, 7) is 6.79. The van der Waals surface area contributed by atoms with Crippen LogP contribution < -0.4 is 11.1 Å². The van der Waals surface area contributed by atoms with Crippen LogP contribution in [-0.2, 0) is 4.79 Å². The van der Waals surface area contributed by atoms with E-state index in [4.69, 9.17) is 5.73 Å². The first-order valence-corrected chi connectivity index (χ1v) is 5.68. The zero-order valence-corrected chi connectivity index (χ0v) is 9.99. The Morgan fingerprint density at radius 3 is 2.47 bits per heavy atom. The number of nitrogens with two attached hydrogens (primary N) is 1. The minimum Gasteiger partial charge on any atom is -0.393 e. The predicted octanol–water partition coefficient (Wildman–Crippen LogP) is 0.495. The Morgan fingerprint density at radius 2 is 2.07 bits per heavy atom. The maximum Gasteiger partial charge on any atom is 0.224 e. The normalized spacial score (nSPS) is 15.1.